The molecule has 2 aromatic rings. The van der Waals surface area contributed by atoms with Gasteiger partial charge in [0, 0.05) is 18.4 Å². The Labute approximate surface area is 121 Å². The van der Waals surface area contributed by atoms with Crippen molar-refractivity contribution in [3.05, 3.63) is 59.9 Å². The lowest BCUT2D eigenvalue weighted by molar-refractivity contribution is 0.413. The van der Waals surface area contributed by atoms with E-state index < -0.39 is 0 Å². The third-order valence-electron chi connectivity index (χ3n) is 3.30. The molecule has 1 atom stereocenters. The Bertz CT molecular complexity index is 513. The second-order valence-corrected chi connectivity index (χ2v) is 4.85. The quantitative estimate of drug-likeness (QED) is 0.837. The molecule has 0 saturated heterocycles. The Morgan fingerprint density at radius 2 is 2.15 bits per heavy atom. The smallest absolute Gasteiger partial charge is 0.119 e. The number of rotatable bonds is 7. The molecule has 0 spiro atoms. The lowest BCUT2D eigenvalue weighted by atomic mass is 10.00. The van der Waals surface area contributed by atoms with Crippen LogP contribution >= 0.6 is 0 Å². The lowest BCUT2D eigenvalue weighted by Gasteiger charge is -2.19. The Kier molecular flexibility index (Phi) is 5.56. The highest BCUT2D eigenvalue weighted by atomic mass is 16.5. The van der Waals surface area contributed by atoms with Crippen molar-refractivity contribution in [2.75, 3.05) is 13.7 Å². The highest BCUT2D eigenvalue weighted by Gasteiger charge is 2.11. The highest BCUT2D eigenvalue weighted by Crippen LogP contribution is 2.20. The first-order valence-electron chi connectivity index (χ1n) is 7.09. The molecule has 0 fully saturated rings. The summed E-state index contributed by atoms with van der Waals surface area (Å²) in [7, 11) is 1.70. The number of aromatic nitrogens is 1. The van der Waals surface area contributed by atoms with Crippen molar-refractivity contribution in [2.24, 2.45) is 0 Å². The predicted molar refractivity (Wildman–Crippen MR) is 82.0 cm³/mol. The first-order valence-corrected chi connectivity index (χ1v) is 7.09. The van der Waals surface area contributed by atoms with Crippen molar-refractivity contribution in [1.29, 1.82) is 0 Å². The molecular weight excluding hydrogens is 248 g/mol. The molecule has 1 aromatic heterocycles. The average Bonchev–Trinajstić information content (AvgIpc) is 2.52. The number of methoxy groups -OCH3 is 1. The summed E-state index contributed by atoms with van der Waals surface area (Å²) in [4.78, 5) is 4.22. The zero-order valence-corrected chi connectivity index (χ0v) is 12.2. The maximum absolute atomic E-state index is 5.29. The standard InChI is InChI=1S/C17H22N2O/c1-3-9-19-17(15-7-5-10-18-13-15)12-14-6-4-8-16(11-14)20-2/h4-8,10-11,13,17,19H,3,9,12H2,1-2H3. The Balaban J connectivity index is 2.14. The van der Waals surface area contributed by atoms with E-state index in [1.807, 2.05) is 30.6 Å². The van der Waals surface area contributed by atoms with Gasteiger partial charge in [-0.25, -0.2) is 0 Å². The summed E-state index contributed by atoms with van der Waals surface area (Å²) in [5.74, 6) is 0.905. The average molecular weight is 270 g/mol. The van der Waals surface area contributed by atoms with E-state index in [-0.39, 0.29) is 6.04 Å². The van der Waals surface area contributed by atoms with Gasteiger partial charge in [0.25, 0.3) is 0 Å². The van der Waals surface area contributed by atoms with Gasteiger partial charge < -0.3 is 10.1 Å². The van der Waals surface area contributed by atoms with Crippen molar-refractivity contribution in [2.45, 2.75) is 25.8 Å². The van der Waals surface area contributed by atoms with Crippen molar-refractivity contribution in [1.82, 2.24) is 10.3 Å². The Hall–Kier alpha value is -1.87. The molecule has 0 aliphatic heterocycles. The summed E-state index contributed by atoms with van der Waals surface area (Å²) in [5.41, 5.74) is 2.49. The fourth-order valence-corrected chi connectivity index (χ4v) is 2.24. The third-order valence-corrected chi connectivity index (χ3v) is 3.30. The number of hydrogen-bond donors (Lipinski definition) is 1. The van der Waals surface area contributed by atoms with Crippen LogP contribution in [-0.2, 0) is 6.42 Å². The molecule has 0 bridgehead atoms. The second-order valence-electron chi connectivity index (χ2n) is 4.85. The van der Waals surface area contributed by atoms with Crippen molar-refractivity contribution >= 4 is 0 Å². The first-order chi connectivity index (χ1) is 9.83. The molecule has 0 aliphatic rings. The van der Waals surface area contributed by atoms with E-state index in [1.54, 1.807) is 7.11 Å². The van der Waals surface area contributed by atoms with Gasteiger partial charge in [-0.3, -0.25) is 4.98 Å². The summed E-state index contributed by atoms with van der Waals surface area (Å²) >= 11 is 0. The summed E-state index contributed by atoms with van der Waals surface area (Å²) < 4.78 is 5.29. The minimum Gasteiger partial charge on any atom is -0.497 e. The second kappa shape index (κ2) is 7.65. The Morgan fingerprint density at radius 3 is 2.85 bits per heavy atom. The minimum atomic E-state index is 0.288. The van der Waals surface area contributed by atoms with Crippen LogP contribution < -0.4 is 10.1 Å². The van der Waals surface area contributed by atoms with Crippen LogP contribution in [0.2, 0.25) is 0 Å². The largest absolute Gasteiger partial charge is 0.497 e. The Morgan fingerprint density at radius 1 is 1.25 bits per heavy atom. The van der Waals surface area contributed by atoms with E-state index in [4.69, 9.17) is 4.74 Å². The van der Waals surface area contributed by atoms with Gasteiger partial charge >= 0.3 is 0 Å². The maximum Gasteiger partial charge on any atom is 0.119 e. The molecule has 0 radical (unpaired) electrons. The van der Waals surface area contributed by atoms with Crippen LogP contribution in [-0.4, -0.2) is 18.6 Å². The predicted octanol–water partition coefficient (Wildman–Crippen LogP) is 3.37. The number of pyridine rings is 1. The van der Waals surface area contributed by atoms with E-state index in [0.29, 0.717) is 0 Å². The monoisotopic (exact) mass is 270 g/mol. The van der Waals surface area contributed by atoms with Crippen molar-refractivity contribution in [3.63, 3.8) is 0 Å². The van der Waals surface area contributed by atoms with Gasteiger partial charge in [-0.2, -0.15) is 0 Å². The van der Waals surface area contributed by atoms with E-state index in [1.165, 1.54) is 11.1 Å². The van der Waals surface area contributed by atoms with Crippen molar-refractivity contribution < 1.29 is 4.74 Å². The summed E-state index contributed by atoms with van der Waals surface area (Å²) in [5, 5.41) is 3.59. The van der Waals surface area contributed by atoms with Crippen LogP contribution in [0.4, 0.5) is 0 Å². The normalized spacial score (nSPS) is 12.1. The topological polar surface area (TPSA) is 34.1 Å². The molecule has 2 rings (SSSR count). The van der Waals surface area contributed by atoms with Gasteiger partial charge in [0.1, 0.15) is 5.75 Å². The first kappa shape index (κ1) is 14.5. The molecule has 0 saturated carbocycles. The fraction of sp³-hybridized carbons (Fsp3) is 0.353. The maximum atomic E-state index is 5.29. The van der Waals surface area contributed by atoms with Crippen LogP contribution in [0.1, 0.15) is 30.5 Å². The molecule has 1 heterocycles. The van der Waals surface area contributed by atoms with E-state index >= 15 is 0 Å². The van der Waals surface area contributed by atoms with E-state index in [0.717, 1.165) is 25.1 Å². The SMILES string of the molecule is CCCNC(Cc1cccc(OC)c1)c1cccnc1. The van der Waals surface area contributed by atoms with Gasteiger partial charge in [-0.1, -0.05) is 25.1 Å². The number of benzene rings is 1. The van der Waals surface area contributed by atoms with Gasteiger partial charge in [0.2, 0.25) is 0 Å². The summed E-state index contributed by atoms with van der Waals surface area (Å²) in [6.45, 7) is 3.18. The molecule has 0 aliphatic carbocycles. The molecule has 0 amide bonds. The lowest BCUT2D eigenvalue weighted by Crippen LogP contribution is -2.24. The van der Waals surface area contributed by atoms with Crippen LogP contribution in [0.3, 0.4) is 0 Å². The summed E-state index contributed by atoms with van der Waals surface area (Å²) in [6.07, 6.45) is 5.80. The van der Waals surface area contributed by atoms with Crippen molar-refractivity contribution in [3.8, 4) is 5.75 Å². The highest BCUT2D eigenvalue weighted by molar-refractivity contribution is 5.30. The van der Waals surface area contributed by atoms with E-state index in [9.17, 15) is 0 Å². The van der Waals surface area contributed by atoms with Gasteiger partial charge in [-0.15, -0.1) is 0 Å². The number of nitrogens with zero attached hydrogens (tertiary/aromatic N) is 1. The number of ether oxygens (including phenoxy) is 1. The van der Waals surface area contributed by atoms with Crippen LogP contribution in [0.25, 0.3) is 0 Å². The van der Waals surface area contributed by atoms with E-state index in [2.05, 4.69) is 35.4 Å². The molecule has 3 heteroatoms. The molecule has 106 valence electrons. The zero-order valence-electron chi connectivity index (χ0n) is 12.2. The zero-order chi connectivity index (χ0) is 14.2. The number of nitrogens with one attached hydrogen (secondary N) is 1. The molecule has 20 heavy (non-hydrogen) atoms. The molecular formula is C17H22N2O. The molecule has 1 aromatic carbocycles. The van der Waals surface area contributed by atoms with Gasteiger partial charge in [0.05, 0.1) is 7.11 Å². The molecule has 3 nitrogen and oxygen atoms in total. The van der Waals surface area contributed by atoms with Gasteiger partial charge in [0.15, 0.2) is 0 Å². The molecule has 1 unspecified atom stereocenters. The minimum absolute atomic E-state index is 0.288. The summed E-state index contributed by atoms with van der Waals surface area (Å²) in [6, 6.07) is 12.6. The van der Waals surface area contributed by atoms with Gasteiger partial charge in [-0.05, 0) is 48.7 Å². The van der Waals surface area contributed by atoms with Crippen LogP contribution in [0, 0.1) is 0 Å². The van der Waals surface area contributed by atoms with Crippen LogP contribution in [0.5, 0.6) is 5.75 Å². The number of hydrogen-bond acceptors (Lipinski definition) is 3. The molecule has 1 N–H and O–H groups in total. The van der Waals surface area contributed by atoms with Crippen LogP contribution in [0.15, 0.2) is 48.8 Å². The fourth-order valence-electron chi connectivity index (χ4n) is 2.24. The third kappa shape index (κ3) is 4.07.